The van der Waals surface area contributed by atoms with E-state index in [1.807, 2.05) is 0 Å². The summed E-state index contributed by atoms with van der Waals surface area (Å²) in [6, 6.07) is 4.88. The largest absolute Gasteiger partial charge is 0.455 e. The van der Waals surface area contributed by atoms with Gasteiger partial charge in [-0.3, -0.25) is 0 Å². The molecule has 0 aliphatic carbocycles. The van der Waals surface area contributed by atoms with Gasteiger partial charge in [0.15, 0.2) is 0 Å². The Morgan fingerprint density at radius 1 is 1.53 bits per heavy atom. The van der Waals surface area contributed by atoms with Crippen molar-refractivity contribution in [3.63, 3.8) is 0 Å². The van der Waals surface area contributed by atoms with Crippen molar-refractivity contribution in [3.8, 4) is 0 Å². The summed E-state index contributed by atoms with van der Waals surface area (Å²) < 4.78 is 9.78. The standard InChI is InChI=1S/C11H9ClN2O3/c1-7-4-9(17-14-7)11(15)16-6-8-2-3-10(12)13-5-8/h2-5H,6H2,1H3. The number of esters is 1. The van der Waals surface area contributed by atoms with Gasteiger partial charge in [0.05, 0.1) is 5.69 Å². The second-order valence-corrected chi connectivity index (χ2v) is 3.79. The molecule has 6 heteroatoms. The number of aromatic nitrogens is 2. The molecule has 0 atom stereocenters. The van der Waals surface area contributed by atoms with Crippen molar-refractivity contribution < 1.29 is 14.1 Å². The van der Waals surface area contributed by atoms with E-state index in [-0.39, 0.29) is 12.4 Å². The topological polar surface area (TPSA) is 65.2 Å². The Morgan fingerprint density at radius 3 is 2.94 bits per heavy atom. The molecule has 0 N–H and O–H groups in total. The lowest BCUT2D eigenvalue weighted by Gasteiger charge is -2.01. The minimum atomic E-state index is -0.555. The van der Waals surface area contributed by atoms with Crippen LogP contribution in [0.2, 0.25) is 5.15 Å². The lowest BCUT2D eigenvalue weighted by atomic mass is 10.3. The molecule has 0 unspecified atom stereocenters. The summed E-state index contributed by atoms with van der Waals surface area (Å²) in [6.45, 7) is 1.84. The van der Waals surface area contributed by atoms with Crippen LogP contribution >= 0.6 is 11.6 Å². The van der Waals surface area contributed by atoms with E-state index in [0.717, 1.165) is 5.56 Å². The first-order valence-electron chi connectivity index (χ1n) is 4.86. The molecule has 2 rings (SSSR count). The average Bonchev–Trinajstić information content (AvgIpc) is 2.75. The molecule has 88 valence electrons. The summed E-state index contributed by atoms with van der Waals surface area (Å²) in [4.78, 5) is 15.4. The smallest absolute Gasteiger partial charge is 0.377 e. The summed E-state index contributed by atoms with van der Waals surface area (Å²) in [5, 5.41) is 3.99. The molecule has 0 saturated heterocycles. The highest BCUT2D eigenvalue weighted by atomic mass is 35.5. The van der Waals surface area contributed by atoms with E-state index >= 15 is 0 Å². The Hall–Kier alpha value is -1.88. The molecule has 0 aliphatic heterocycles. The molecule has 2 aromatic rings. The third kappa shape index (κ3) is 3.04. The van der Waals surface area contributed by atoms with Crippen LogP contribution in [-0.4, -0.2) is 16.1 Å². The van der Waals surface area contributed by atoms with E-state index in [1.54, 1.807) is 25.3 Å². The van der Waals surface area contributed by atoms with Gasteiger partial charge >= 0.3 is 5.97 Å². The van der Waals surface area contributed by atoms with Crippen molar-refractivity contribution in [2.75, 3.05) is 0 Å². The van der Waals surface area contributed by atoms with Crippen molar-refractivity contribution in [1.82, 2.24) is 10.1 Å². The first kappa shape index (κ1) is 11.6. The number of aryl methyl sites for hydroxylation is 1. The van der Waals surface area contributed by atoms with Crippen LogP contribution in [0.15, 0.2) is 28.9 Å². The lowest BCUT2D eigenvalue weighted by Crippen LogP contribution is -2.04. The normalized spacial score (nSPS) is 10.2. The van der Waals surface area contributed by atoms with Gasteiger partial charge in [-0.05, 0) is 13.0 Å². The van der Waals surface area contributed by atoms with E-state index in [0.29, 0.717) is 10.8 Å². The Balaban J connectivity index is 1.94. The molecular weight excluding hydrogens is 244 g/mol. The molecular formula is C11H9ClN2O3. The molecule has 0 radical (unpaired) electrons. The third-order valence-electron chi connectivity index (χ3n) is 1.99. The molecule has 0 bridgehead atoms. The molecule has 5 nitrogen and oxygen atoms in total. The minimum Gasteiger partial charge on any atom is -0.455 e. The Bertz CT molecular complexity index is 522. The summed E-state index contributed by atoms with van der Waals surface area (Å²) in [5.41, 5.74) is 1.38. The minimum absolute atomic E-state index is 0.0874. The molecule has 0 aromatic carbocycles. The van der Waals surface area contributed by atoms with Gasteiger partial charge in [-0.25, -0.2) is 9.78 Å². The number of hydrogen-bond donors (Lipinski definition) is 0. The van der Waals surface area contributed by atoms with Crippen LogP contribution in [0.1, 0.15) is 21.8 Å². The number of carbonyl (C=O) groups is 1. The Labute approximate surface area is 102 Å². The van der Waals surface area contributed by atoms with Crippen LogP contribution in [0.3, 0.4) is 0 Å². The van der Waals surface area contributed by atoms with E-state index < -0.39 is 5.97 Å². The van der Waals surface area contributed by atoms with Gasteiger partial charge < -0.3 is 9.26 Å². The van der Waals surface area contributed by atoms with Crippen molar-refractivity contribution >= 4 is 17.6 Å². The Kier molecular flexibility index (Phi) is 3.39. The van der Waals surface area contributed by atoms with Crippen molar-refractivity contribution in [1.29, 1.82) is 0 Å². The molecule has 17 heavy (non-hydrogen) atoms. The molecule has 2 aromatic heterocycles. The number of nitrogens with zero attached hydrogens (tertiary/aromatic N) is 2. The second-order valence-electron chi connectivity index (χ2n) is 3.40. The van der Waals surface area contributed by atoms with Gasteiger partial charge in [0.1, 0.15) is 11.8 Å². The first-order valence-corrected chi connectivity index (χ1v) is 5.24. The van der Waals surface area contributed by atoms with Crippen LogP contribution in [0, 0.1) is 6.92 Å². The number of rotatable bonds is 3. The van der Waals surface area contributed by atoms with E-state index in [4.69, 9.17) is 20.9 Å². The maximum atomic E-state index is 11.5. The van der Waals surface area contributed by atoms with E-state index in [2.05, 4.69) is 10.1 Å². The SMILES string of the molecule is Cc1cc(C(=O)OCc2ccc(Cl)nc2)on1. The number of pyridine rings is 1. The highest BCUT2D eigenvalue weighted by molar-refractivity contribution is 6.29. The predicted molar refractivity (Wildman–Crippen MR) is 59.6 cm³/mol. The Morgan fingerprint density at radius 2 is 2.35 bits per heavy atom. The van der Waals surface area contributed by atoms with E-state index in [1.165, 1.54) is 6.07 Å². The van der Waals surface area contributed by atoms with Gasteiger partial charge in [0.25, 0.3) is 0 Å². The number of hydrogen-bond acceptors (Lipinski definition) is 5. The molecule has 0 fully saturated rings. The first-order chi connectivity index (χ1) is 8.15. The quantitative estimate of drug-likeness (QED) is 0.620. The van der Waals surface area contributed by atoms with Crippen LogP contribution in [0.4, 0.5) is 0 Å². The fourth-order valence-corrected chi connectivity index (χ4v) is 1.28. The zero-order chi connectivity index (χ0) is 12.3. The zero-order valence-electron chi connectivity index (χ0n) is 9.01. The zero-order valence-corrected chi connectivity index (χ0v) is 9.77. The molecule has 2 heterocycles. The fourth-order valence-electron chi connectivity index (χ4n) is 1.17. The van der Waals surface area contributed by atoms with Crippen molar-refractivity contribution in [2.24, 2.45) is 0 Å². The lowest BCUT2D eigenvalue weighted by molar-refractivity contribution is 0.0425. The van der Waals surface area contributed by atoms with Gasteiger partial charge in [-0.15, -0.1) is 0 Å². The molecule has 0 amide bonds. The van der Waals surface area contributed by atoms with Crippen LogP contribution < -0.4 is 0 Å². The summed E-state index contributed by atoms with van der Waals surface area (Å²) >= 11 is 5.63. The molecule has 0 spiro atoms. The average molecular weight is 253 g/mol. The summed E-state index contributed by atoms with van der Waals surface area (Å²) in [5.74, 6) is -0.468. The maximum absolute atomic E-state index is 11.5. The van der Waals surface area contributed by atoms with Crippen molar-refractivity contribution in [3.05, 3.63) is 46.6 Å². The molecule has 0 saturated carbocycles. The van der Waals surface area contributed by atoms with Gasteiger partial charge in [0.2, 0.25) is 5.76 Å². The predicted octanol–water partition coefficient (Wildman–Crippen LogP) is 2.39. The monoisotopic (exact) mass is 252 g/mol. The van der Waals surface area contributed by atoms with Crippen LogP contribution in [-0.2, 0) is 11.3 Å². The van der Waals surface area contributed by atoms with E-state index in [9.17, 15) is 4.79 Å². The van der Waals surface area contributed by atoms with Crippen molar-refractivity contribution in [2.45, 2.75) is 13.5 Å². The fraction of sp³-hybridized carbons (Fsp3) is 0.182. The number of carbonyl (C=O) groups excluding carboxylic acids is 1. The highest BCUT2D eigenvalue weighted by Crippen LogP contribution is 2.09. The van der Waals surface area contributed by atoms with Gasteiger partial charge in [0, 0.05) is 17.8 Å². The highest BCUT2D eigenvalue weighted by Gasteiger charge is 2.13. The third-order valence-corrected chi connectivity index (χ3v) is 2.21. The molecule has 0 aliphatic rings. The van der Waals surface area contributed by atoms with Gasteiger partial charge in [-0.2, -0.15) is 0 Å². The second kappa shape index (κ2) is 4.97. The number of halogens is 1. The maximum Gasteiger partial charge on any atom is 0.377 e. The van der Waals surface area contributed by atoms with Gasteiger partial charge in [-0.1, -0.05) is 22.8 Å². The van der Waals surface area contributed by atoms with Crippen LogP contribution in [0.25, 0.3) is 0 Å². The summed E-state index contributed by atoms with van der Waals surface area (Å²) in [7, 11) is 0. The van der Waals surface area contributed by atoms with Crippen LogP contribution in [0.5, 0.6) is 0 Å². The number of ether oxygens (including phenoxy) is 1. The summed E-state index contributed by atoms with van der Waals surface area (Å²) in [6.07, 6.45) is 1.54.